The van der Waals surface area contributed by atoms with E-state index in [1.807, 2.05) is 13.8 Å². The number of carboxylic acids is 1. The number of carboxylic acid groups (broad SMARTS) is 1. The van der Waals surface area contributed by atoms with Gasteiger partial charge in [-0.15, -0.1) is 0 Å². The molecule has 1 aromatic carbocycles. The Bertz CT molecular complexity index is 679. The van der Waals surface area contributed by atoms with E-state index in [-0.39, 0.29) is 23.5 Å². The average Bonchev–Trinajstić information content (AvgIpc) is 2.59. The van der Waals surface area contributed by atoms with Gasteiger partial charge in [-0.3, -0.25) is 9.59 Å². The number of hydrogen-bond donors (Lipinski definition) is 2. The smallest absolute Gasteiger partial charge is 0.320 e. The Morgan fingerprint density at radius 1 is 1.12 bits per heavy atom. The number of carbonyl (C=O) groups is 2. The molecule has 0 saturated carbocycles. The van der Waals surface area contributed by atoms with Crippen molar-refractivity contribution in [3.63, 3.8) is 0 Å². The van der Waals surface area contributed by atoms with E-state index < -0.39 is 22.0 Å². The third kappa shape index (κ3) is 5.91. The fourth-order valence-corrected chi connectivity index (χ4v) is 3.99. The molecule has 7 nitrogen and oxygen atoms in total. The Morgan fingerprint density at radius 2 is 1.64 bits per heavy atom. The Hall–Kier alpha value is -1.77. The minimum absolute atomic E-state index is 0.00262. The molecule has 0 amide bonds. The number of ketones is 1. The molecule has 0 aromatic heterocycles. The van der Waals surface area contributed by atoms with E-state index in [0.29, 0.717) is 18.7 Å². The molecule has 140 valence electrons. The molecule has 3 N–H and O–H groups in total. The van der Waals surface area contributed by atoms with E-state index in [1.54, 1.807) is 0 Å². The van der Waals surface area contributed by atoms with Gasteiger partial charge in [0.25, 0.3) is 0 Å². The maximum absolute atomic E-state index is 12.6. The molecule has 0 radical (unpaired) electrons. The number of Topliss-reactive ketones (excluding diaryl/α,β-unsaturated/α-hetero) is 1. The van der Waals surface area contributed by atoms with Crippen LogP contribution in [0.4, 0.5) is 0 Å². The highest BCUT2D eigenvalue weighted by molar-refractivity contribution is 7.89. The van der Waals surface area contributed by atoms with Crippen LogP contribution in [0.1, 0.15) is 49.9 Å². The largest absolute Gasteiger partial charge is 0.480 e. The second-order valence-corrected chi connectivity index (χ2v) is 7.77. The molecular weight excluding hydrogens is 344 g/mol. The summed E-state index contributed by atoms with van der Waals surface area (Å²) >= 11 is 0. The van der Waals surface area contributed by atoms with Crippen molar-refractivity contribution in [1.82, 2.24) is 4.31 Å². The summed E-state index contributed by atoms with van der Waals surface area (Å²) in [4.78, 5) is 22.9. The van der Waals surface area contributed by atoms with E-state index in [2.05, 4.69) is 0 Å². The van der Waals surface area contributed by atoms with Gasteiger partial charge in [0.1, 0.15) is 6.04 Å². The number of sulfonamides is 1. The molecule has 1 atom stereocenters. The summed E-state index contributed by atoms with van der Waals surface area (Å²) in [5.74, 6) is -1.42. The van der Waals surface area contributed by atoms with Crippen LogP contribution in [0.2, 0.25) is 0 Å². The van der Waals surface area contributed by atoms with Gasteiger partial charge in [0, 0.05) is 25.1 Å². The molecule has 0 spiro atoms. The second kappa shape index (κ2) is 9.65. The minimum atomic E-state index is -3.58. The van der Waals surface area contributed by atoms with Crippen LogP contribution in [0, 0.1) is 0 Å². The first-order valence-electron chi connectivity index (χ1n) is 8.35. The maximum Gasteiger partial charge on any atom is 0.320 e. The minimum Gasteiger partial charge on any atom is -0.480 e. The third-order valence-electron chi connectivity index (χ3n) is 3.76. The van der Waals surface area contributed by atoms with E-state index in [0.717, 1.165) is 12.8 Å². The zero-order valence-electron chi connectivity index (χ0n) is 14.6. The topological polar surface area (TPSA) is 118 Å². The van der Waals surface area contributed by atoms with Crippen molar-refractivity contribution in [3.8, 4) is 0 Å². The van der Waals surface area contributed by atoms with E-state index in [9.17, 15) is 18.0 Å². The number of hydrogen-bond acceptors (Lipinski definition) is 5. The molecule has 0 aliphatic heterocycles. The van der Waals surface area contributed by atoms with E-state index in [1.165, 1.54) is 28.6 Å². The lowest BCUT2D eigenvalue weighted by molar-refractivity contribution is -0.138. The fraction of sp³-hybridized carbons (Fsp3) is 0.529. The van der Waals surface area contributed by atoms with E-state index in [4.69, 9.17) is 10.8 Å². The number of carbonyl (C=O) groups excluding carboxylic acids is 1. The van der Waals surface area contributed by atoms with Crippen LogP contribution in [0.15, 0.2) is 29.2 Å². The lowest BCUT2D eigenvalue weighted by Crippen LogP contribution is -2.32. The van der Waals surface area contributed by atoms with E-state index >= 15 is 0 Å². The highest BCUT2D eigenvalue weighted by Gasteiger charge is 2.23. The third-order valence-corrected chi connectivity index (χ3v) is 5.67. The quantitative estimate of drug-likeness (QED) is 0.574. The molecule has 25 heavy (non-hydrogen) atoms. The molecule has 1 aromatic rings. The van der Waals surface area contributed by atoms with Gasteiger partial charge in [-0.25, -0.2) is 8.42 Å². The van der Waals surface area contributed by atoms with Crippen LogP contribution in [0.5, 0.6) is 0 Å². The van der Waals surface area contributed by atoms with Crippen LogP contribution < -0.4 is 5.73 Å². The number of aliphatic carboxylic acids is 1. The molecule has 8 heteroatoms. The second-order valence-electron chi connectivity index (χ2n) is 5.84. The number of nitrogens with two attached hydrogens (primary N) is 1. The van der Waals surface area contributed by atoms with Crippen molar-refractivity contribution in [3.05, 3.63) is 29.8 Å². The van der Waals surface area contributed by atoms with Gasteiger partial charge in [0.05, 0.1) is 4.90 Å². The molecule has 0 aliphatic carbocycles. The van der Waals surface area contributed by atoms with Crippen LogP contribution in [-0.4, -0.2) is 48.7 Å². The Balaban J connectivity index is 2.87. The van der Waals surface area contributed by atoms with Crippen molar-refractivity contribution in [1.29, 1.82) is 0 Å². The first kappa shape index (κ1) is 21.3. The maximum atomic E-state index is 12.6. The number of nitrogens with zero attached hydrogens (tertiary/aromatic N) is 1. The molecule has 1 rings (SSSR count). The Kier molecular flexibility index (Phi) is 8.21. The highest BCUT2D eigenvalue weighted by atomic mass is 32.2. The summed E-state index contributed by atoms with van der Waals surface area (Å²) in [6, 6.07) is 4.66. The summed E-state index contributed by atoms with van der Waals surface area (Å²) in [6.07, 6.45) is 1.48. The van der Waals surface area contributed by atoms with Gasteiger partial charge in [0.2, 0.25) is 10.0 Å². The van der Waals surface area contributed by atoms with Crippen LogP contribution in [0.3, 0.4) is 0 Å². The molecule has 0 saturated heterocycles. The first-order valence-corrected chi connectivity index (χ1v) is 9.79. The van der Waals surface area contributed by atoms with Crippen molar-refractivity contribution in [2.45, 2.75) is 50.5 Å². The average molecular weight is 370 g/mol. The zero-order chi connectivity index (χ0) is 19.0. The normalized spacial score (nSPS) is 13.0. The summed E-state index contributed by atoms with van der Waals surface area (Å²) in [5.41, 5.74) is 5.72. The lowest BCUT2D eigenvalue weighted by Gasteiger charge is -2.21. The van der Waals surface area contributed by atoms with Gasteiger partial charge in [-0.2, -0.15) is 4.31 Å². The predicted octanol–water partition coefficient (Wildman–Crippen LogP) is 1.87. The molecule has 0 aliphatic rings. The van der Waals surface area contributed by atoms with Gasteiger partial charge in [-0.05, 0) is 31.4 Å². The lowest BCUT2D eigenvalue weighted by atomic mass is 10.0. The van der Waals surface area contributed by atoms with Crippen molar-refractivity contribution < 1.29 is 23.1 Å². The molecule has 0 heterocycles. The Labute approximate surface area is 148 Å². The Morgan fingerprint density at radius 3 is 2.08 bits per heavy atom. The van der Waals surface area contributed by atoms with Gasteiger partial charge in [-0.1, -0.05) is 26.0 Å². The summed E-state index contributed by atoms with van der Waals surface area (Å²) in [5, 5.41) is 8.72. The highest BCUT2D eigenvalue weighted by Crippen LogP contribution is 2.18. The predicted molar refractivity (Wildman–Crippen MR) is 95.0 cm³/mol. The molecular formula is C17H26N2O5S. The van der Waals surface area contributed by atoms with Crippen molar-refractivity contribution in [2.75, 3.05) is 13.1 Å². The standard InChI is InChI=1S/C17H26N2O5S/c1-3-11-19(12-4-2)25(23,24)14-7-5-13(6-8-14)16(20)10-9-15(18)17(21)22/h5-8,15H,3-4,9-12,18H2,1-2H3,(H,21,22)/t15-/m0/s1. The summed E-state index contributed by atoms with van der Waals surface area (Å²) in [6.45, 7) is 4.73. The van der Waals surface area contributed by atoms with Crippen LogP contribution >= 0.6 is 0 Å². The monoisotopic (exact) mass is 370 g/mol. The zero-order valence-corrected chi connectivity index (χ0v) is 15.5. The SMILES string of the molecule is CCCN(CCC)S(=O)(=O)c1ccc(C(=O)CC[C@H](N)C(=O)O)cc1. The van der Waals surface area contributed by atoms with Crippen molar-refractivity contribution >= 4 is 21.8 Å². The first-order chi connectivity index (χ1) is 11.7. The van der Waals surface area contributed by atoms with Gasteiger partial charge < -0.3 is 10.8 Å². The molecule has 0 unspecified atom stereocenters. The number of benzene rings is 1. The molecule has 0 fully saturated rings. The summed E-state index contributed by atoms with van der Waals surface area (Å²) in [7, 11) is -3.58. The summed E-state index contributed by atoms with van der Waals surface area (Å²) < 4.78 is 26.7. The van der Waals surface area contributed by atoms with Crippen LogP contribution in [-0.2, 0) is 14.8 Å². The van der Waals surface area contributed by atoms with Gasteiger partial charge >= 0.3 is 5.97 Å². The molecule has 0 bridgehead atoms. The van der Waals surface area contributed by atoms with Gasteiger partial charge in [0.15, 0.2) is 5.78 Å². The van der Waals surface area contributed by atoms with Crippen molar-refractivity contribution in [2.24, 2.45) is 5.73 Å². The number of rotatable bonds is 11. The van der Waals surface area contributed by atoms with Crippen LogP contribution in [0.25, 0.3) is 0 Å². The fourth-order valence-electron chi connectivity index (χ4n) is 2.37.